The molecule has 0 fully saturated rings. The first-order valence-electron chi connectivity index (χ1n) is 11.1. The van der Waals surface area contributed by atoms with E-state index >= 15 is 0 Å². The molecule has 37 heavy (non-hydrogen) atoms. The molecule has 1 aromatic heterocycles. The van der Waals surface area contributed by atoms with Crippen LogP contribution in [0.25, 0.3) is 0 Å². The zero-order valence-electron chi connectivity index (χ0n) is 20.2. The lowest BCUT2D eigenvalue weighted by molar-refractivity contribution is -0.116. The number of halogens is 2. The number of fused-ring (bicyclic) bond motifs is 1. The Morgan fingerprint density at radius 2 is 1.81 bits per heavy atom. The van der Waals surface area contributed by atoms with Gasteiger partial charge in [0.25, 0.3) is 0 Å². The fourth-order valence-electron chi connectivity index (χ4n) is 3.99. The first kappa shape index (κ1) is 27.0. The number of nitrogens with one attached hydrogen (secondary N) is 3. The molecule has 0 radical (unpaired) electrons. The number of hydrogen-bond acceptors (Lipinski definition) is 7. The molecule has 0 unspecified atom stereocenters. The lowest BCUT2D eigenvalue weighted by atomic mass is 9.99. The Balaban J connectivity index is 1.72. The summed E-state index contributed by atoms with van der Waals surface area (Å²) in [6.07, 6.45) is -0.188. The van der Waals surface area contributed by atoms with Gasteiger partial charge in [0, 0.05) is 26.7 Å². The summed E-state index contributed by atoms with van der Waals surface area (Å²) >= 11 is 7.57. The summed E-state index contributed by atoms with van der Waals surface area (Å²) in [6.45, 7) is 5.54. The second-order valence-corrected chi connectivity index (χ2v) is 11.6. The number of rotatable bonds is 5. The monoisotopic (exact) mass is 561 g/mol. The van der Waals surface area contributed by atoms with E-state index in [9.17, 15) is 8.68 Å². The van der Waals surface area contributed by atoms with Gasteiger partial charge in [0.05, 0.1) is 17.0 Å². The number of aliphatic imine (C=N–C) groups is 1. The van der Waals surface area contributed by atoms with E-state index in [4.69, 9.17) is 36.5 Å². The van der Waals surface area contributed by atoms with Crippen LogP contribution >= 0.6 is 33.9 Å². The van der Waals surface area contributed by atoms with Gasteiger partial charge in [-0.3, -0.25) is 34.6 Å². The van der Waals surface area contributed by atoms with Crippen LogP contribution < -0.4 is 10.2 Å². The quantitative estimate of drug-likeness (QED) is 0.169. The van der Waals surface area contributed by atoms with Crippen LogP contribution in [0.3, 0.4) is 0 Å². The predicted octanol–water partition coefficient (Wildman–Crippen LogP) is 7.04. The molecule has 0 saturated carbocycles. The molecule has 0 saturated heterocycles. The van der Waals surface area contributed by atoms with E-state index in [1.165, 1.54) is 40.5 Å². The van der Waals surface area contributed by atoms with Crippen LogP contribution in [0.1, 0.15) is 34.9 Å². The van der Waals surface area contributed by atoms with E-state index in [0.717, 1.165) is 21.6 Å². The van der Waals surface area contributed by atoms with Crippen molar-refractivity contribution in [3.8, 4) is 0 Å². The summed E-state index contributed by atoms with van der Waals surface area (Å²) in [5, 5.41) is 21.3. The van der Waals surface area contributed by atoms with Crippen molar-refractivity contribution in [3.05, 3.63) is 75.1 Å². The van der Waals surface area contributed by atoms with Gasteiger partial charge in [-0.25, -0.2) is 0 Å². The number of thiophene rings is 1. The maximum atomic E-state index is 13.4. The maximum absolute atomic E-state index is 13.4. The van der Waals surface area contributed by atoms with Crippen molar-refractivity contribution in [2.75, 3.05) is 10.2 Å². The molecule has 0 spiro atoms. The highest BCUT2D eigenvalue weighted by atomic mass is 35.5. The molecule has 4 rings (SSSR count). The zero-order chi connectivity index (χ0) is 27.1. The van der Waals surface area contributed by atoms with Gasteiger partial charge in [0.2, 0.25) is 5.91 Å². The number of carbonyl (C=O) groups excluding carboxylic acids is 1. The van der Waals surface area contributed by atoms with Crippen molar-refractivity contribution in [2.45, 2.75) is 38.1 Å². The largest absolute Gasteiger partial charge is 0.326 e. The third kappa shape index (κ3) is 5.60. The molecule has 1 aliphatic rings. The molecule has 5 N–H and O–H groups in total. The van der Waals surface area contributed by atoms with E-state index in [1.807, 2.05) is 26.0 Å². The van der Waals surface area contributed by atoms with Crippen molar-refractivity contribution in [1.29, 1.82) is 10.8 Å². The fraction of sp³-hybridized carbons (Fsp3) is 0.200. The average Bonchev–Trinajstić information content (AvgIpc) is 3.03. The molecule has 1 aliphatic heterocycles. The SMILES string of the molecule is CC(=N)N1C(=N)[C@H](CC(=O)Nc2ccc(S(O)(O)F)cc2)N=C(c2ccc(Cl)cc2)c2c1sc(C)c2C. The normalized spacial score (nSPS) is 16.1. The molecule has 194 valence electrons. The van der Waals surface area contributed by atoms with Crippen LogP contribution in [-0.4, -0.2) is 38.4 Å². The lowest BCUT2D eigenvalue weighted by Crippen LogP contribution is -2.41. The number of hydrogen-bond donors (Lipinski definition) is 5. The highest BCUT2D eigenvalue weighted by Gasteiger charge is 2.34. The minimum absolute atomic E-state index is 0.00386. The Bertz CT molecular complexity index is 1420. The summed E-state index contributed by atoms with van der Waals surface area (Å²) in [6, 6.07) is 11.4. The molecule has 1 atom stereocenters. The summed E-state index contributed by atoms with van der Waals surface area (Å²) in [4.78, 5) is 20.1. The number of carbonyl (C=O) groups is 1. The number of amides is 1. The summed E-state index contributed by atoms with van der Waals surface area (Å²) in [7, 11) is -4.35. The molecule has 2 heterocycles. The van der Waals surface area contributed by atoms with Gasteiger partial charge in [0.15, 0.2) is 0 Å². The molecular weight excluding hydrogens is 537 g/mol. The number of amidine groups is 2. The first-order valence-corrected chi connectivity index (χ1v) is 13.8. The van der Waals surface area contributed by atoms with E-state index in [2.05, 4.69) is 5.32 Å². The third-order valence-corrected chi connectivity index (χ3v) is 8.23. The molecule has 0 aliphatic carbocycles. The van der Waals surface area contributed by atoms with Crippen LogP contribution in [0.5, 0.6) is 0 Å². The zero-order valence-corrected chi connectivity index (χ0v) is 22.6. The molecule has 0 bridgehead atoms. The topological polar surface area (TPSA) is 133 Å². The van der Waals surface area contributed by atoms with Gasteiger partial charge in [0.1, 0.15) is 22.7 Å². The molecular formula is C25H25ClFN5O3S2. The van der Waals surface area contributed by atoms with Crippen LogP contribution in [0.15, 0.2) is 58.4 Å². The maximum Gasteiger partial charge on any atom is 0.227 e. The lowest BCUT2D eigenvalue weighted by Gasteiger charge is -2.24. The van der Waals surface area contributed by atoms with E-state index in [1.54, 1.807) is 19.1 Å². The van der Waals surface area contributed by atoms with Crippen molar-refractivity contribution < 1.29 is 17.8 Å². The summed E-state index contributed by atoms with van der Waals surface area (Å²) < 4.78 is 31.7. The van der Waals surface area contributed by atoms with Crippen LogP contribution in [0.4, 0.5) is 14.6 Å². The Hall–Kier alpha value is -3.09. The van der Waals surface area contributed by atoms with Gasteiger partial charge in [-0.15, -0.1) is 11.3 Å². The highest BCUT2D eigenvalue weighted by Crippen LogP contribution is 2.49. The van der Waals surface area contributed by atoms with Crippen molar-refractivity contribution in [3.63, 3.8) is 0 Å². The minimum atomic E-state index is -4.35. The van der Waals surface area contributed by atoms with Gasteiger partial charge in [-0.1, -0.05) is 27.6 Å². The number of benzene rings is 2. The van der Waals surface area contributed by atoms with Crippen LogP contribution in [0, 0.1) is 24.7 Å². The van der Waals surface area contributed by atoms with Gasteiger partial charge in [-0.2, -0.15) is 0 Å². The van der Waals surface area contributed by atoms with Crippen molar-refractivity contribution in [2.24, 2.45) is 4.99 Å². The van der Waals surface area contributed by atoms with Gasteiger partial charge >= 0.3 is 0 Å². The van der Waals surface area contributed by atoms with E-state index in [0.29, 0.717) is 21.4 Å². The molecule has 8 nitrogen and oxygen atoms in total. The Kier molecular flexibility index (Phi) is 7.54. The summed E-state index contributed by atoms with van der Waals surface area (Å²) in [5.74, 6) is -0.323. The molecule has 1 amide bonds. The van der Waals surface area contributed by atoms with Gasteiger partial charge in [-0.05, 0) is 73.7 Å². The highest BCUT2D eigenvalue weighted by molar-refractivity contribution is 8.19. The Morgan fingerprint density at radius 3 is 2.38 bits per heavy atom. The minimum Gasteiger partial charge on any atom is -0.326 e. The second kappa shape index (κ2) is 10.3. The second-order valence-electron chi connectivity index (χ2n) is 8.53. The Labute approximate surface area is 224 Å². The third-order valence-electron chi connectivity index (χ3n) is 5.92. The van der Waals surface area contributed by atoms with E-state index < -0.39 is 22.9 Å². The number of nitrogens with zero attached hydrogens (tertiary/aromatic N) is 2. The van der Waals surface area contributed by atoms with Crippen molar-refractivity contribution >= 4 is 67.9 Å². The Morgan fingerprint density at radius 1 is 1.19 bits per heavy atom. The predicted molar refractivity (Wildman–Crippen MR) is 150 cm³/mol. The molecule has 12 heteroatoms. The van der Waals surface area contributed by atoms with Crippen molar-refractivity contribution in [1.82, 2.24) is 0 Å². The smallest absolute Gasteiger partial charge is 0.227 e. The van der Waals surface area contributed by atoms with Gasteiger partial charge < -0.3 is 5.32 Å². The summed E-state index contributed by atoms with van der Waals surface area (Å²) in [5.41, 5.74) is 3.50. The van der Waals surface area contributed by atoms with E-state index in [-0.39, 0.29) is 23.0 Å². The van der Waals surface area contributed by atoms with Crippen LogP contribution in [-0.2, 0) is 4.79 Å². The standard InChI is InChI=1S/C25H25ClFN5O3S2/c1-13-14(2)36-25-22(13)23(16-4-6-17(26)7-5-16)31-20(24(29)32(25)15(3)28)12-21(33)30-18-8-10-19(11-9-18)37(27,34)35/h4-11,20,28-29,34-35H,12H2,1-3H3,(H,30,33)/t20-/m0/s1. The fourth-order valence-corrected chi connectivity index (χ4v) is 5.82. The first-order chi connectivity index (χ1) is 17.4. The number of anilines is 2. The molecule has 3 aromatic rings. The number of aryl methyl sites for hydroxylation is 1. The van der Waals surface area contributed by atoms with Crippen LogP contribution in [0.2, 0.25) is 5.02 Å². The molecule has 2 aromatic carbocycles. The average molecular weight is 562 g/mol.